The first kappa shape index (κ1) is 22.6. The zero-order valence-corrected chi connectivity index (χ0v) is 7.59. The van der Waals surface area contributed by atoms with E-state index in [0.717, 1.165) is 9.95 Å². The average Bonchev–Trinajstić information content (AvgIpc) is 1.66. The van der Waals surface area contributed by atoms with Gasteiger partial charge in [-0.25, -0.2) is 0 Å². The molecule has 0 aliphatic rings. The van der Waals surface area contributed by atoms with Crippen LogP contribution < -0.4 is 0 Å². The predicted molar refractivity (Wildman–Crippen MR) is 69.3 cm³/mol. The fourth-order valence-corrected chi connectivity index (χ4v) is 1.81. The highest BCUT2D eigenvalue weighted by Gasteiger charge is 1.86. The summed E-state index contributed by atoms with van der Waals surface area (Å²) in [4.78, 5) is 0. The summed E-state index contributed by atoms with van der Waals surface area (Å²) < 4.78 is 1.05. The van der Waals surface area contributed by atoms with E-state index in [-0.39, 0.29) is 22.3 Å². The van der Waals surface area contributed by atoms with Crippen molar-refractivity contribution < 1.29 is 0 Å². The normalized spacial score (nSPS) is 6.73. The molecule has 0 atom stereocenters. The maximum absolute atomic E-state index is 4.86. The van der Waals surface area contributed by atoms with Gasteiger partial charge in [0.05, 0.1) is 0 Å². The van der Waals surface area contributed by atoms with E-state index < -0.39 is 0 Å². The minimum atomic E-state index is 0. The van der Waals surface area contributed by atoms with Crippen LogP contribution in [0.2, 0.25) is 0 Å². The lowest BCUT2D eigenvalue weighted by Crippen LogP contribution is -1.85. The molecule has 0 aromatic rings. The Bertz CT molecular complexity index is 71.7. The van der Waals surface area contributed by atoms with Gasteiger partial charge in [-0.2, -0.15) is 11.8 Å². The second kappa shape index (κ2) is 17.0. The number of hydrogen-bond donors (Lipinski definition) is 0. The van der Waals surface area contributed by atoms with Crippen molar-refractivity contribution in [1.29, 1.82) is 0 Å². The van der Waals surface area contributed by atoms with Gasteiger partial charge in [0.2, 0.25) is 0 Å². The molecule has 0 N–H and O–H groups in total. The zero-order chi connectivity index (χ0) is 6.41. The molecular weight excluding hydrogens is 192 g/mol. The molecule has 0 aromatic carbocycles. The summed E-state index contributed by atoms with van der Waals surface area (Å²) in [7, 11) is 0. The molecule has 0 spiro atoms. The Morgan fingerprint density at radius 2 is 1.64 bits per heavy atom. The summed E-state index contributed by atoms with van der Waals surface area (Å²) in [6.07, 6.45) is 2.11. The molecule has 11 heavy (non-hydrogen) atoms. The molecule has 0 aliphatic heterocycles. The van der Waals surface area contributed by atoms with E-state index in [0.29, 0.717) is 0 Å². The second-order valence-electron chi connectivity index (χ2n) is 1.33. The van der Waals surface area contributed by atoms with Gasteiger partial charge in [-0.15, -0.1) is 11.8 Å². The minimum absolute atomic E-state index is 0. The van der Waals surface area contributed by atoms with E-state index >= 15 is 0 Å². The number of thioether (sulfide) groups is 2. The van der Waals surface area contributed by atoms with E-state index in [9.17, 15) is 0 Å². The van der Waals surface area contributed by atoms with E-state index in [4.69, 9.17) is 12.2 Å². The third kappa shape index (κ3) is 24.9. The van der Waals surface area contributed by atoms with Crippen LogP contribution in [0.5, 0.6) is 0 Å². The van der Waals surface area contributed by atoms with Gasteiger partial charge >= 0.3 is 0 Å². The molecule has 0 amide bonds. The van der Waals surface area contributed by atoms with Crippen molar-refractivity contribution in [2.24, 2.45) is 0 Å². The highest BCUT2D eigenvalue weighted by Crippen LogP contribution is 2.05. The molecule has 0 saturated carbocycles. The molecule has 0 saturated heterocycles. The maximum Gasteiger partial charge on any atom is 0.0447 e. The molecule has 72 valence electrons. The Morgan fingerprint density at radius 3 is 1.91 bits per heavy atom. The fraction of sp³-hybridized carbons (Fsp3) is 0.875. The van der Waals surface area contributed by atoms with Crippen molar-refractivity contribution in [2.45, 2.75) is 29.2 Å². The topological polar surface area (TPSA) is 0 Å². The number of rotatable bonds is 3. The van der Waals surface area contributed by atoms with Crippen LogP contribution in [0.25, 0.3) is 0 Å². The first-order chi connectivity index (χ1) is 3.77. The quantitative estimate of drug-likeness (QED) is 0.507. The van der Waals surface area contributed by atoms with Crippen molar-refractivity contribution in [3.63, 3.8) is 0 Å². The fourth-order valence-electron chi connectivity index (χ4n) is 0.269. The van der Waals surface area contributed by atoms with Gasteiger partial charge in [-0.3, -0.25) is 0 Å². The molecule has 0 nitrogen and oxygen atoms in total. The Hall–Kier alpha value is 0.790. The lowest BCUT2D eigenvalue weighted by molar-refractivity contribution is 1.57. The third-order valence-electron chi connectivity index (χ3n) is 0.593. The largest absolute Gasteiger partial charge is 0.165 e. The summed E-state index contributed by atoms with van der Waals surface area (Å²) in [5.74, 6) is 2.37. The van der Waals surface area contributed by atoms with Gasteiger partial charge in [0.1, 0.15) is 0 Å². The monoisotopic (exact) mass is 214 g/mol. The van der Waals surface area contributed by atoms with Crippen LogP contribution >= 0.6 is 35.7 Å². The van der Waals surface area contributed by atoms with E-state index in [1.807, 2.05) is 18.7 Å². The summed E-state index contributed by atoms with van der Waals surface area (Å²) in [5.41, 5.74) is 0. The molecule has 3 heteroatoms. The predicted octanol–water partition coefficient (Wildman–Crippen LogP) is 4.34. The van der Waals surface area contributed by atoms with Crippen LogP contribution in [-0.4, -0.2) is 22.0 Å². The zero-order valence-electron chi connectivity index (χ0n) is 5.14. The Balaban J connectivity index is -0.0000000817. The molecule has 0 rings (SSSR count). The van der Waals surface area contributed by atoms with Crippen molar-refractivity contribution in [2.75, 3.05) is 17.8 Å². The third-order valence-corrected chi connectivity index (χ3v) is 2.63. The summed E-state index contributed by atoms with van der Waals surface area (Å²) in [6.45, 7) is 1.97. The molecule has 0 heterocycles. The summed E-state index contributed by atoms with van der Waals surface area (Å²) >= 11 is 8.49. The molecule has 0 fully saturated rings. The second-order valence-corrected chi connectivity index (χ2v) is 4.50. The summed E-state index contributed by atoms with van der Waals surface area (Å²) in [5, 5.41) is 0. The van der Waals surface area contributed by atoms with E-state index in [1.165, 1.54) is 5.75 Å². The Kier molecular flexibility index (Phi) is 35.0. The molecular formula is C8H22S3. The SMILES string of the molecule is C.C.C.CSCCSC(C)=S. The van der Waals surface area contributed by atoms with Gasteiger partial charge in [0, 0.05) is 15.7 Å². The van der Waals surface area contributed by atoms with Gasteiger partial charge in [-0.05, 0) is 13.2 Å². The minimum Gasteiger partial charge on any atom is -0.165 e. The van der Waals surface area contributed by atoms with Gasteiger partial charge < -0.3 is 0 Å². The first-order valence-corrected chi connectivity index (χ1v) is 5.18. The Labute approximate surface area is 86.9 Å². The van der Waals surface area contributed by atoms with Crippen LogP contribution in [-0.2, 0) is 0 Å². The molecule has 0 bridgehead atoms. The van der Waals surface area contributed by atoms with Crippen molar-refractivity contribution >= 4 is 39.9 Å². The summed E-state index contributed by atoms with van der Waals surface area (Å²) in [6, 6.07) is 0. The van der Waals surface area contributed by atoms with Crippen LogP contribution in [0, 0.1) is 0 Å². The van der Waals surface area contributed by atoms with Gasteiger partial charge in [-0.1, -0.05) is 34.5 Å². The smallest absolute Gasteiger partial charge is 0.0447 e. The van der Waals surface area contributed by atoms with Crippen molar-refractivity contribution in [3.8, 4) is 0 Å². The lowest BCUT2D eigenvalue weighted by Gasteiger charge is -1.93. The highest BCUT2D eigenvalue weighted by molar-refractivity contribution is 8.23. The molecule has 0 aliphatic carbocycles. The lowest BCUT2D eigenvalue weighted by atomic mass is 10.9. The van der Waals surface area contributed by atoms with Crippen molar-refractivity contribution in [3.05, 3.63) is 0 Å². The van der Waals surface area contributed by atoms with Crippen LogP contribution in [0.3, 0.4) is 0 Å². The van der Waals surface area contributed by atoms with E-state index in [1.54, 1.807) is 11.8 Å². The molecule has 0 unspecified atom stereocenters. The molecule has 0 radical (unpaired) electrons. The van der Waals surface area contributed by atoms with Gasteiger partial charge in [0.15, 0.2) is 0 Å². The van der Waals surface area contributed by atoms with Gasteiger partial charge in [0.25, 0.3) is 0 Å². The van der Waals surface area contributed by atoms with Crippen molar-refractivity contribution in [1.82, 2.24) is 0 Å². The highest BCUT2D eigenvalue weighted by atomic mass is 32.2. The van der Waals surface area contributed by atoms with Crippen LogP contribution in [0.1, 0.15) is 29.2 Å². The first-order valence-electron chi connectivity index (χ1n) is 2.39. The molecule has 0 aromatic heterocycles. The van der Waals surface area contributed by atoms with E-state index in [2.05, 4.69) is 6.26 Å². The number of thiocarbonyl (C=S) groups is 1. The average molecular weight is 214 g/mol. The van der Waals surface area contributed by atoms with Crippen LogP contribution in [0.4, 0.5) is 0 Å². The Morgan fingerprint density at radius 1 is 1.18 bits per heavy atom. The standard InChI is InChI=1S/C5H10S3.3CH4/c1-5(6)8-4-3-7-2;;;/h3-4H2,1-2H3;3*1H4. The van der Waals surface area contributed by atoms with Crippen LogP contribution in [0.15, 0.2) is 0 Å². The maximum atomic E-state index is 4.86. The number of hydrogen-bond acceptors (Lipinski definition) is 3.